The van der Waals surface area contributed by atoms with E-state index in [2.05, 4.69) is 4.98 Å². The van der Waals surface area contributed by atoms with Crippen LogP contribution in [0.2, 0.25) is 0 Å². The summed E-state index contributed by atoms with van der Waals surface area (Å²) in [5, 5.41) is 0. The largest absolute Gasteiger partial charge is 0.375 e. The van der Waals surface area contributed by atoms with Gasteiger partial charge in [0.15, 0.2) is 11.6 Å². The molecule has 1 aromatic heterocycles. The fourth-order valence-electron chi connectivity index (χ4n) is 3.41. The van der Waals surface area contributed by atoms with E-state index in [9.17, 15) is 9.18 Å². The van der Waals surface area contributed by atoms with Crippen LogP contribution >= 0.6 is 0 Å². The predicted molar refractivity (Wildman–Crippen MR) is 68.4 cm³/mol. The second-order valence-corrected chi connectivity index (χ2v) is 5.65. The zero-order valence-electron chi connectivity index (χ0n) is 10.9. The molecule has 4 heteroatoms. The Hall–Kier alpha value is -1.29. The smallest absolute Gasteiger partial charge is 0.169 e. The van der Waals surface area contributed by atoms with Gasteiger partial charge in [-0.15, -0.1) is 0 Å². The standard InChI is InChI=1S/C15H18FNO2/c16-13-10-17-7-3-12(13)14(18)11-4-8-19-15(9-11)5-1-2-6-15/h3,7,10-11H,1-2,4-6,8-9H2. The number of carbonyl (C=O) groups excluding carboxylic acids is 1. The Morgan fingerprint density at radius 1 is 1.42 bits per heavy atom. The van der Waals surface area contributed by atoms with Crippen LogP contribution in [0.3, 0.4) is 0 Å². The molecule has 1 atom stereocenters. The van der Waals surface area contributed by atoms with Crippen LogP contribution in [0.1, 0.15) is 48.9 Å². The van der Waals surface area contributed by atoms with Crippen molar-refractivity contribution in [2.24, 2.45) is 5.92 Å². The molecule has 0 radical (unpaired) electrons. The van der Waals surface area contributed by atoms with Gasteiger partial charge in [-0.25, -0.2) is 4.39 Å². The Morgan fingerprint density at radius 2 is 2.21 bits per heavy atom. The summed E-state index contributed by atoms with van der Waals surface area (Å²) in [5.74, 6) is -0.710. The molecule has 0 N–H and O–H groups in total. The fourth-order valence-corrected chi connectivity index (χ4v) is 3.41. The van der Waals surface area contributed by atoms with Crippen LogP contribution in [0.15, 0.2) is 18.5 Å². The number of hydrogen-bond acceptors (Lipinski definition) is 3. The predicted octanol–water partition coefficient (Wildman–Crippen LogP) is 3.14. The molecule has 1 saturated heterocycles. The van der Waals surface area contributed by atoms with Gasteiger partial charge >= 0.3 is 0 Å². The maximum absolute atomic E-state index is 13.6. The molecule has 1 unspecified atom stereocenters. The first-order valence-corrected chi connectivity index (χ1v) is 6.98. The average Bonchev–Trinajstić information content (AvgIpc) is 2.86. The van der Waals surface area contributed by atoms with Crippen LogP contribution < -0.4 is 0 Å². The van der Waals surface area contributed by atoms with E-state index in [4.69, 9.17) is 4.74 Å². The van der Waals surface area contributed by atoms with Gasteiger partial charge in [0.25, 0.3) is 0 Å². The van der Waals surface area contributed by atoms with E-state index in [0.29, 0.717) is 13.0 Å². The number of carbonyl (C=O) groups is 1. The molecule has 2 aliphatic rings. The van der Waals surface area contributed by atoms with Gasteiger partial charge < -0.3 is 4.74 Å². The fraction of sp³-hybridized carbons (Fsp3) is 0.600. The monoisotopic (exact) mass is 263 g/mol. The Morgan fingerprint density at radius 3 is 2.95 bits per heavy atom. The molecule has 0 bridgehead atoms. The van der Waals surface area contributed by atoms with Crippen molar-refractivity contribution in [2.75, 3.05) is 6.61 Å². The first-order valence-electron chi connectivity index (χ1n) is 6.98. The van der Waals surface area contributed by atoms with Crippen LogP contribution in [0.5, 0.6) is 0 Å². The maximum Gasteiger partial charge on any atom is 0.169 e. The van der Waals surface area contributed by atoms with E-state index in [0.717, 1.165) is 25.5 Å². The van der Waals surface area contributed by atoms with Crippen LogP contribution in [-0.2, 0) is 4.74 Å². The summed E-state index contributed by atoms with van der Waals surface area (Å²) >= 11 is 0. The van der Waals surface area contributed by atoms with Crippen molar-refractivity contribution in [1.82, 2.24) is 4.98 Å². The lowest BCUT2D eigenvalue weighted by Gasteiger charge is -2.37. The first-order chi connectivity index (χ1) is 9.20. The summed E-state index contributed by atoms with van der Waals surface area (Å²) in [4.78, 5) is 16.1. The highest BCUT2D eigenvalue weighted by Crippen LogP contribution is 2.42. The third-order valence-corrected chi connectivity index (χ3v) is 4.42. The van der Waals surface area contributed by atoms with Crippen molar-refractivity contribution in [2.45, 2.75) is 44.1 Å². The molecular formula is C15H18FNO2. The lowest BCUT2D eigenvalue weighted by molar-refractivity contribution is -0.0866. The SMILES string of the molecule is O=C(c1ccncc1F)C1CCOC2(CCCC2)C1. The zero-order valence-corrected chi connectivity index (χ0v) is 10.9. The lowest BCUT2D eigenvalue weighted by atomic mass is 9.81. The van der Waals surface area contributed by atoms with Crippen molar-refractivity contribution in [3.8, 4) is 0 Å². The van der Waals surface area contributed by atoms with Gasteiger partial charge in [-0.3, -0.25) is 9.78 Å². The minimum Gasteiger partial charge on any atom is -0.375 e. The summed E-state index contributed by atoms with van der Waals surface area (Å²) in [7, 11) is 0. The molecule has 19 heavy (non-hydrogen) atoms. The second-order valence-electron chi connectivity index (χ2n) is 5.65. The topological polar surface area (TPSA) is 39.2 Å². The van der Waals surface area contributed by atoms with Crippen molar-refractivity contribution in [3.63, 3.8) is 0 Å². The highest BCUT2D eigenvalue weighted by atomic mass is 19.1. The molecule has 0 amide bonds. The summed E-state index contributed by atoms with van der Waals surface area (Å²) in [6, 6.07) is 1.48. The van der Waals surface area contributed by atoms with E-state index in [1.54, 1.807) is 0 Å². The highest BCUT2D eigenvalue weighted by Gasteiger charge is 2.42. The second kappa shape index (κ2) is 5.00. The van der Waals surface area contributed by atoms with Crippen LogP contribution in [0.4, 0.5) is 4.39 Å². The molecule has 1 saturated carbocycles. The van der Waals surface area contributed by atoms with E-state index in [1.165, 1.54) is 25.1 Å². The number of ketones is 1. The van der Waals surface area contributed by atoms with Gasteiger partial charge in [-0.2, -0.15) is 0 Å². The van der Waals surface area contributed by atoms with E-state index < -0.39 is 5.82 Å². The lowest BCUT2D eigenvalue weighted by Crippen LogP contribution is -2.40. The average molecular weight is 263 g/mol. The molecule has 3 nitrogen and oxygen atoms in total. The number of rotatable bonds is 2. The Kier molecular flexibility index (Phi) is 3.35. The molecule has 102 valence electrons. The maximum atomic E-state index is 13.6. The molecule has 1 spiro atoms. The Labute approximate surface area is 112 Å². The number of ether oxygens (including phenoxy) is 1. The third kappa shape index (κ3) is 2.41. The number of pyridine rings is 1. The summed E-state index contributed by atoms with van der Waals surface area (Å²) in [6.07, 6.45) is 8.44. The number of nitrogens with zero attached hydrogens (tertiary/aromatic N) is 1. The minimum absolute atomic E-state index is 0.0884. The quantitative estimate of drug-likeness (QED) is 0.769. The molecule has 2 fully saturated rings. The van der Waals surface area contributed by atoms with E-state index in [-0.39, 0.29) is 22.9 Å². The van der Waals surface area contributed by atoms with Crippen molar-refractivity contribution < 1.29 is 13.9 Å². The molecule has 3 rings (SSSR count). The number of halogens is 1. The molecule has 2 heterocycles. The molecule has 1 aliphatic heterocycles. The van der Waals surface area contributed by atoms with Gasteiger partial charge in [0.1, 0.15) is 0 Å². The summed E-state index contributed by atoms with van der Waals surface area (Å²) in [5.41, 5.74) is 0.0669. The third-order valence-electron chi connectivity index (χ3n) is 4.42. The number of Topliss-reactive ketones (excluding diaryl/α,β-unsaturated/α-hetero) is 1. The van der Waals surface area contributed by atoms with Gasteiger partial charge in [-0.05, 0) is 31.7 Å². The molecular weight excluding hydrogens is 245 g/mol. The number of aromatic nitrogens is 1. The normalized spacial score (nSPS) is 25.6. The van der Waals surface area contributed by atoms with Crippen molar-refractivity contribution in [1.29, 1.82) is 0 Å². The van der Waals surface area contributed by atoms with Gasteiger partial charge in [0, 0.05) is 18.7 Å². The van der Waals surface area contributed by atoms with E-state index >= 15 is 0 Å². The summed E-state index contributed by atoms with van der Waals surface area (Å²) < 4.78 is 19.6. The Bertz CT molecular complexity index is 483. The number of hydrogen-bond donors (Lipinski definition) is 0. The van der Waals surface area contributed by atoms with Crippen molar-refractivity contribution >= 4 is 5.78 Å². The summed E-state index contributed by atoms with van der Waals surface area (Å²) in [6.45, 7) is 0.614. The highest BCUT2D eigenvalue weighted by molar-refractivity contribution is 5.98. The van der Waals surface area contributed by atoms with Crippen LogP contribution in [-0.4, -0.2) is 23.0 Å². The Balaban J connectivity index is 1.78. The van der Waals surface area contributed by atoms with E-state index in [1.807, 2.05) is 0 Å². The van der Waals surface area contributed by atoms with Crippen LogP contribution in [0.25, 0.3) is 0 Å². The molecule has 1 aliphatic carbocycles. The van der Waals surface area contributed by atoms with Gasteiger partial charge in [0.2, 0.25) is 0 Å². The van der Waals surface area contributed by atoms with Crippen molar-refractivity contribution in [3.05, 3.63) is 29.8 Å². The molecule has 0 aromatic carbocycles. The van der Waals surface area contributed by atoms with Crippen LogP contribution in [0, 0.1) is 11.7 Å². The first kappa shape index (κ1) is 12.7. The van der Waals surface area contributed by atoms with Gasteiger partial charge in [0.05, 0.1) is 17.4 Å². The molecule has 1 aromatic rings. The minimum atomic E-state index is -0.514. The van der Waals surface area contributed by atoms with Gasteiger partial charge in [-0.1, -0.05) is 12.8 Å². The zero-order chi connectivity index (χ0) is 13.3.